The Labute approximate surface area is 184 Å². The van der Waals surface area contributed by atoms with Crippen molar-refractivity contribution in [1.29, 1.82) is 0 Å². The first-order valence-electron chi connectivity index (χ1n) is 9.30. The number of carbonyl (C=O) groups is 1. The third-order valence-electron chi connectivity index (χ3n) is 4.53. The van der Waals surface area contributed by atoms with E-state index in [9.17, 15) is 13.2 Å². The van der Waals surface area contributed by atoms with Crippen LogP contribution in [0.25, 0.3) is 0 Å². The molecule has 0 aromatic carbocycles. The maximum Gasteiger partial charge on any atom is 0.410 e. The second-order valence-corrected chi connectivity index (χ2v) is 8.87. The Morgan fingerprint density at radius 1 is 1.52 bits per heavy atom. The molecule has 0 bridgehead atoms. The molecule has 1 aromatic rings. The van der Waals surface area contributed by atoms with Gasteiger partial charge in [-0.2, -0.15) is 0 Å². The lowest BCUT2D eigenvalue weighted by atomic mass is 10.1. The molecule has 1 unspecified atom stereocenters. The summed E-state index contributed by atoms with van der Waals surface area (Å²) in [5.41, 5.74) is 0.830. The molecular formula is C18H23ClN4O7S. The van der Waals surface area contributed by atoms with E-state index in [0.717, 1.165) is 0 Å². The number of ether oxygens (including phenoxy) is 3. The largest absolute Gasteiger partial charge is 0.480 e. The monoisotopic (exact) mass is 474 g/mol. The van der Waals surface area contributed by atoms with Crippen LogP contribution in [-0.4, -0.2) is 75.2 Å². The molecule has 1 amide bonds. The molecule has 3 N–H and O–H groups in total. The first-order chi connectivity index (χ1) is 14.7. The highest BCUT2D eigenvalue weighted by molar-refractivity contribution is 7.89. The van der Waals surface area contributed by atoms with Crippen LogP contribution in [0.5, 0.6) is 5.88 Å². The molecule has 1 aromatic heterocycles. The zero-order valence-electron chi connectivity index (χ0n) is 16.9. The van der Waals surface area contributed by atoms with Crippen LogP contribution in [0.2, 0.25) is 5.02 Å². The van der Waals surface area contributed by atoms with E-state index >= 15 is 0 Å². The van der Waals surface area contributed by atoms with Crippen molar-refractivity contribution >= 4 is 27.7 Å². The summed E-state index contributed by atoms with van der Waals surface area (Å²) in [7, 11) is -2.77. The minimum absolute atomic E-state index is 0.101. The van der Waals surface area contributed by atoms with Gasteiger partial charge in [0.15, 0.2) is 11.1 Å². The van der Waals surface area contributed by atoms with Gasteiger partial charge in [-0.3, -0.25) is 9.62 Å². The van der Waals surface area contributed by atoms with Crippen molar-refractivity contribution in [3.05, 3.63) is 40.8 Å². The Morgan fingerprint density at radius 2 is 2.29 bits per heavy atom. The summed E-state index contributed by atoms with van der Waals surface area (Å²) in [4.78, 5) is 17.4. The number of aromatic nitrogens is 1. The van der Waals surface area contributed by atoms with Gasteiger partial charge in [-0.1, -0.05) is 11.6 Å². The van der Waals surface area contributed by atoms with E-state index in [0.29, 0.717) is 5.57 Å². The fraction of sp³-hybridized carbons (Fsp3) is 0.444. The first-order valence-corrected chi connectivity index (χ1v) is 11.2. The topological polar surface area (TPSA) is 139 Å². The van der Waals surface area contributed by atoms with Gasteiger partial charge in [0.25, 0.3) is 10.0 Å². The van der Waals surface area contributed by atoms with Crippen molar-refractivity contribution in [3.8, 4) is 5.88 Å². The number of sulfonamides is 1. The number of aliphatic hydroxyl groups excluding tert-OH is 1. The van der Waals surface area contributed by atoms with Crippen LogP contribution in [0.4, 0.5) is 4.79 Å². The molecule has 2 atom stereocenters. The number of carbonyl (C=O) groups excluding carboxylic acids is 1. The molecule has 2 aliphatic rings. The number of rotatable bonds is 6. The van der Waals surface area contributed by atoms with E-state index in [1.54, 1.807) is 13.0 Å². The van der Waals surface area contributed by atoms with E-state index in [1.807, 2.05) is 0 Å². The molecule has 13 heteroatoms. The Bertz CT molecular complexity index is 999. The second-order valence-electron chi connectivity index (χ2n) is 6.78. The summed E-state index contributed by atoms with van der Waals surface area (Å²) >= 11 is 5.90. The minimum atomic E-state index is -4.07. The fourth-order valence-electron chi connectivity index (χ4n) is 3.03. The number of halogens is 1. The number of fused-ring (bicyclic) bond motifs is 1. The van der Waals surface area contributed by atoms with Gasteiger partial charge in [0.05, 0.1) is 43.6 Å². The third-order valence-corrected chi connectivity index (χ3v) is 6.11. The van der Waals surface area contributed by atoms with Gasteiger partial charge >= 0.3 is 6.09 Å². The lowest BCUT2D eigenvalue weighted by molar-refractivity contribution is 0.0387. The van der Waals surface area contributed by atoms with E-state index in [2.05, 4.69) is 15.0 Å². The van der Waals surface area contributed by atoms with Crippen LogP contribution >= 0.6 is 11.6 Å². The summed E-state index contributed by atoms with van der Waals surface area (Å²) in [6.07, 6.45) is 3.18. The van der Waals surface area contributed by atoms with E-state index in [1.165, 1.54) is 30.5 Å². The SMILES string of the molecule is COc1ncc(Cl)cc1S(=O)(=O)NC1=CNC2OC[C@@H](C)N(C(=O)OCCO)CC2=C1. The molecule has 31 heavy (non-hydrogen) atoms. The molecule has 3 rings (SSSR count). The van der Waals surface area contributed by atoms with Crippen LogP contribution in [0, 0.1) is 0 Å². The van der Waals surface area contributed by atoms with E-state index in [-0.39, 0.29) is 53.9 Å². The summed E-state index contributed by atoms with van der Waals surface area (Å²) in [6.45, 7) is 1.78. The van der Waals surface area contributed by atoms with Crippen molar-refractivity contribution in [2.45, 2.75) is 24.1 Å². The summed E-state index contributed by atoms with van der Waals surface area (Å²) < 4.78 is 44.0. The van der Waals surface area contributed by atoms with Crippen molar-refractivity contribution in [2.24, 2.45) is 0 Å². The zero-order chi connectivity index (χ0) is 22.6. The third kappa shape index (κ3) is 5.39. The molecule has 1 fully saturated rings. The summed E-state index contributed by atoms with van der Waals surface area (Å²) in [5, 5.41) is 12.0. The molecule has 3 heterocycles. The number of aliphatic hydroxyl groups is 1. The van der Waals surface area contributed by atoms with Crippen molar-refractivity contribution < 1.29 is 32.5 Å². The molecule has 0 spiro atoms. The Morgan fingerprint density at radius 3 is 3.00 bits per heavy atom. The van der Waals surface area contributed by atoms with Gasteiger partial charge < -0.3 is 24.6 Å². The fourth-order valence-corrected chi connectivity index (χ4v) is 4.44. The Hall–Kier alpha value is -2.54. The molecule has 0 radical (unpaired) electrons. The van der Waals surface area contributed by atoms with Crippen molar-refractivity contribution in [3.63, 3.8) is 0 Å². The quantitative estimate of drug-likeness (QED) is 0.539. The van der Waals surface area contributed by atoms with Gasteiger partial charge in [0.2, 0.25) is 5.88 Å². The highest BCUT2D eigenvalue weighted by Crippen LogP contribution is 2.26. The van der Waals surface area contributed by atoms with Crippen molar-refractivity contribution in [1.82, 2.24) is 19.9 Å². The molecule has 2 aliphatic heterocycles. The van der Waals surface area contributed by atoms with Crippen LogP contribution in [0.3, 0.4) is 0 Å². The number of nitrogens with zero attached hydrogens (tertiary/aromatic N) is 2. The van der Waals surface area contributed by atoms with Gasteiger partial charge in [-0.25, -0.2) is 18.2 Å². The minimum Gasteiger partial charge on any atom is -0.480 e. The highest BCUT2D eigenvalue weighted by Gasteiger charge is 2.32. The molecule has 170 valence electrons. The number of allylic oxidation sites excluding steroid dienone is 1. The van der Waals surface area contributed by atoms with Gasteiger partial charge in [0.1, 0.15) is 6.61 Å². The molecule has 11 nitrogen and oxygen atoms in total. The number of nitrogens with one attached hydrogen (secondary N) is 2. The second kappa shape index (κ2) is 9.73. The van der Waals surface area contributed by atoms with Crippen LogP contribution < -0.4 is 14.8 Å². The maximum atomic E-state index is 12.9. The Kier molecular flexibility index (Phi) is 7.26. The number of hydrogen-bond donors (Lipinski definition) is 3. The first kappa shape index (κ1) is 23.1. The summed E-state index contributed by atoms with van der Waals surface area (Å²) in [5.74, 6) is -0.101. The number of hydrogen-bond acceptors (Lipinski definition) is 9. The molecule has 0 aliphatic carbocycles. The average molecular weight is 475 g/mol. The van der Waals surface area contributed by atoms with Gasteiger partial charge in [-0.15, -0.1) is 0 Å². The number of amides is 1. The highest BCUT2D eigenvalue weighted by atomic mass is 35.5. The van der Waals surface area contributed by atoms with Gasteiger partial charge in [-0.05, 0) is 19.1 Å². The number of dihydropyridines is 1. The number of pyridine rings is 1. The normalized spacial score (nSPS) is 21.1. The zero-order valence-corrected chi connectivity index (χ0v) is 18.4. The average Bonchev–Trinajstić information content (AvgIpc) is 2.90. The standard InChI is InChI=1S/C18H23ClN4O7S/c1-11-10-30-16-12(9-23(11)18(25)29-4-3-24)5-14(8-21-16)22-31(26,27)15-6-13(19)7-20-17(15)28-2/h5-8,11,16,21-22,24H,3-4,9-10H2,1-2H3/t11-,16?/m1/s1. The van der Waals surface area contributed by atoms with E-state index < -0.39 is 22.3 Å². The lowest BCUT2D eigenvalue weighted by Gasteiger charge is -2.27. The predicted molar refractivity (Wildman–Crippen MR) is 110 cm³/mol. The summed E-state index contributed by atoms with van der Waals surface area (Å²) in [6, 6.07) is 0.944. The lowest BCUT2D eigenvalue weighted by Crippen LogP contribution is -2.42. The molecule has 1 saturated heterocycles. The van der Waals surface area contributed by atoms with E-state index in [4.69, 9.17) is 30.9 Å². The predicted octanol–water partition coefficient (Wildman–Crippen LogP) is 0.569. The van der Waals surface area contributed by atoms with Crippen LogP contribution in [-0.2, 0) is 19.5 Å². The van der Waals surface area contributed by atoms with Crippen molar-refractivity contribution in [2.75, 3.05) is 33.5 Å². The number of methoxy groups -OCH3 is 1. The van der Waals surface area contributed by atoms with Gasteiger partial charge in [0, 0.05) is 18.0 Å². The molecular weight excluding hydrogens is 452 g/mol. The maximum absolute atomic E-state index is 12.9. The van der Waals surface area contributed by atoms with Crippen LogP contribution in [0.15, 0.2) is 40.7 Å². The smallest absolute Gasteiger partial charge is 0.410 e. The molecule has 0 saturated carbocycles. The Balaban J connectivity index is 1.82. The van der Waals surface area contributed by atoms with Crippen LogP contribution in [0.1, 0.15) is 6.92 Å².